The maximum absolute atomic E-state index is 13.0. The van der Waals surface area contributed by atoms with Gasteiger partial charge in [-0.1, -0.05) is 137 Å². The largest absolute Gasteiger partial charge is 0.394 e. The van der Waals surface area contributed by atoms with Crippen LogP contribution < -0.4 is 5.32 Å². The summed E-state index contributed by atoms with van der Waals surface area (Å²) in [5.41, 5.74) is 0. The lowest BCUT2D eigenvalue weighted by Crippen LogP contribution is -2.65. The molecule has 2 rings (SSSR count). The van der Waals surface area contributed by atoms with Gasteiger partial charge in [0.05, 0.1) is 32.0 Å². The molecular weight excluding hydrogens is 811 g/mol. The van der Waals surface area contributed by atoms with E-state index in [0.29, 0.717) is 6.42 Å². The van der Waals surface area contributed by atoms with Crippen LogP contribution in [0, 0.1) is 0 Å². The van der Waals surface area contributed by atoms with Crippen LogP contribution in [0.5, 0.6) is 0 Å². The standard InChI is InChI=1S/C49H81NO13/c1-3-5-7-9-10-11-12-13-14-15-16-17-18-19-20-21-22-23-24-25-26-27-28-29-31-33-41(54)50-37(38(53)32-30-8-6-4-2)36-60-48-46(59)44(57)47(40(35-52)62-48)63-49-45(58)43(56)42(55)39(34-51)61-49/h5,7,10-11,13-14,16-17,19-20,22-23,30,32,37-40,42-49,51-53,55-59H,3-4,6,8-9,12,15,18,21,24-29,31,33-36H2,1-2H3,(H,50,54)/b7-5-,11-10-,14-13-,17-16-,20-19-,23-22-,32-30+. The van der Waals surface area contributed by atoms with Crippen molar-refractivity contribution in [3.63, 3.8) is 0 Å². The summed E-state index contributed by atoms with van der Waals surface area (Å²) >= 11 is 0. The van der Waals surface area contributed by atoms with Gasteiger partial charge in [0.1, 0.15) is 48.8 Å². The Labute approximate surface area is 376 Å². The number of hydrogen-bond acceptors (Lipinski definition) is 13. The number of aliphatic hydroxyl groups is 8. The van der Waals surface area contributed by atoms with Crippen molar-refractivity contribution in [1.82, 2.24) is 5.32 Å². The van der Waals surface area contributed by atoms with Gasteiger partial charge in [0.25, 0.3) is 0 Å². The highest BCUT2D eigenvalue weighted by Gasteiger charge is 2.50. The molecule has 0 radical (unpaired) electrons. The molecule has 0 aromatic heterocycles. The van der Waals surface area contributed by atoms with Gasteiger partial charge in [-0.3, -0.25) is 4.79 Å². The average Bonchev–Trinajstić information content (AvgIpc) is 3.28. The van der Waals surface area contributed by atoms with Gasteiger partial charge in [0.15, 0.2) is 12.6 Å². The number of allylic oxidation sites excluding steroid dienone is 13. The topological polar surface area (TPSA) is 228 Å². The van der Waals surface area contributed by atoms with Crippen molar-refractivity contribution in [2.24, 2.45) is 0 Å². The second kappa shape index (κ2) is 35.4. The number of amides is 1. The van der Waals surface area contributed by atoms with Crippen LogP contribution in [0.4, 0.5) is 0 Å². The minimum Gasteiger partial charge on any atom is -0.394 e. The monoisotopic (exact) mass is 892 g/mol. The Balaban J connectivity index is 1.70. The first kappa shape index (κ1) is 56.3. The lowest BCUT2D eigenvalue weighted by Gasteiger charge is -2.46. The van der Waals surface area contributed by atoms with Crippen molar-refractivity contribution in [3.8, 4) is 0 Å². The molecule has 2 heterocycles. The summed E-state index contributed by atoms with van der Waals surface area (Å²) in [6.07, 6.45) is 28.6. The van der Waals surface area contributed by atoms with Gasteiger partial charge in [-0.15, -0.1) is 0 Å². The number of hydrogen-bond donors (Lipinski definition) is 9. The number of nitrogens with one attached hydrogen (secondary N) is 1. The summed E-state index contributed by atoms with van der Waals surface area (Å²) in [6, 6.07) is -0.923. The van der Waals surface area contributed by atoms with Gasteiger partial charge in [-0.2, -0.15) is 0 Å². The van der Waals surface area contributed by atoms with E-state index >= 15 is 0 Å². The van der Waals surface area contributed by atoms with E-state index in [2.05, 4.69) is 92.1 Å². The Morgan fingerprint density at radius 3 is 1.67 bits per heavy atom. The fraction of sp³-hybridized carbons (Fsp3) is 0.694. The number of carbonyl (C=O) groups excluding carboxylic acids is 1. The quantitative estimate of drug-likeness (QED) is 0.0312. The molecule has 12 unspecified atom stereocenters. The first-order valence-electron chi connectivity index (χ1n) is 23.3. The van der Waals surface area contributed by atoms with Crippen LogP contribution >= 0.6 is 0 Å². The number of unbranched alkanes of at least 4 members (excludes halogenated alkanes) is 8. The summed E-state index contributed by atoms with van der Waals surface area (Å²) in [6.45, 7) is 2.45. The van der Waals surface area contributed by atoms with Crippen LogP contribution in [0.2, 0.25) is 0 Å². The molecule has 63 heavy (non-hydrogen) atoms. The van der Waals surface area contributed by atoms with E-state index in [-0.39, 0.29) is 18.9 Å². The summed E-state index contributed by atoms with van der Waals surface area (Å²) in [5.74, 6) is -0.270. The van der Waals surface area contributed by atoms with E-state index in [4.69, 9.17) is 18.9 Å². The van der Waals surface area contributed by atoms with Crippen LogP contribution in [-0.2, 0) is 23.7 Å². The van der Waals surface area contributed by atoms with E-state index in [0.717, 1.165) is 96.3 Å². The second-order valence-corrected chi connectivity index (χ2v) is 16.1. The van der Waals surface area contributed by atoms with Crippen molar-refractivity contribution >= 4 is 5.91 Å². The summed E-state index contributed by atoms with van der Waals surface area (Å²) < 4.78 is 22.5. The molecule has 0 aromatic rings. The molecule has 0 saturated carbocycles. The molecule has 0 aliphatic carbocycles. The van der Waals surface area contributed by atoms with Gasteiger partial charge >= 0.3 is 0 Å². The van der Waals surface area contributed by atoms with Gasteiger partial charge < -0.3 is 65.1 Å². The molecule has 14 nitrogen and oxygen atoms in total. The molecule has 9 N–H and O–H groups in total. The van der Waals surface area contributed by atoms with Gasteiger partial charge in [0, 0.05) is 6.42 Å². The second-order valence-electron chi connectivity index (χ2n) is 16.1. The van der Waals surface area contributed by atoms with E-state index in [1.54, 1.807) is 6.08 Å². The molecule has 0 aromatic carbocycles. The smallest absolute Gasteiger partial charge is 0.220 e. The maximum atomic E-state index is 13.0. The molecule has 1 amide bonds. The third kappa shape index (κ3) is 23.3. The predicted octanol–water partition coefficient (Wildman–Crippen LogP) is 5.04. The van der Waals surface area contributed by atoms with Crippen molar-refractivity contribution in [3.05, 3.63) is 85.1 Å². The minimum atomic E-state index is -1.79. The van der Waals surface area contributed by atoms with Crippen LogP contribution in [-0.4, -0.2) is 140 Å². The Bertz CT molecular complexity index is 1380. The number of aliphatic hydroxyl groups excluding tert-OH is 8. The fourth-order valence-electron chi connectivity index (χ4n) is 6.98. The summed E-state index contributed by atoms with van der Waals surface area (Å²) in [4.78, 5) is 13.0. The van der Waals surface area contributed by atoms with E-state index in [9.17, 15) is 45.6 Å². The van der Waals surface area contributed by atoms with Crippen LogP contribution in [0.3, 0.4) is 0 Å². The molecule has 360 valence electrons. The first-order chi connectivity index (χ1) is 30.6. The molecule has 2 aliphatic heterocycles. The Morgan fingerprint density at radius 1 is 0.587 bits per heavy atom. The van der Waals surface area contributed by atoms with Gasteiger partial charge in [0.2, 0.25) is 5.91 Å². The van der Waals surface area contributed by atoms with E-state index in [1.165, 1.54) is 0 Å². The molecule has 0 spiro atoms. The van der Waals surface area contributed by atoms with Gasteiger partial charge in [-0.05, 0) is 64.2 Å². The predicted molar refractivity (Wildman–Crippen MR) is 244 cm³/mol. The molecule has 2 aliphatic rings. The zero-order valence-electron chi connectivity index (χ0n) is 37.8. The molecule has 2 fully saturated rings. The molecule has 0 bridgehead atoms. The van der Waals surface area contributed by atoms with Crippen molar-refractivity contribution < 1.29 is 64.6 Å². The molecule has 2 saturated heterocycles. The van der Waals surface area contributed by atoms with Crippen molar-refractivity contribution in [2.75, 3.05) is 19.8 Å². The number of carbonyl (C=O) groups is 1. The fourth-order valence-corrected chi connectivity index (χ4v) is 6.98. The molecule has 12 atom stereocenters. The highest BCUT2D eigenvalue weighted by Crippen LogP contribution is 2.30. The third-order valence-electron chi connectivity index (χ3n) is 10.8. The van der Waals surface area contributed by atoms with Crippen LogP contribution in [0.1, 0.15) is 123 Å². The normalized spacial score (nSPS) is 28.3. The highest BCUT2D eigenvalue weighted by molar-refractivity contribution is 5.76. The van der Waals surface area contributed by atoms with Crippen LogP contribution in [0.25, 0.3) is 0 Å². The van der Waals surface area contributed by atoms with E-state index < -0.39 is 86.8 Å². The number of ether oxygens (including phenoxy) is 4. The zero-order valence-corrected chi connectivity index (χ0v) is 37.8. The summed E-state index contributed by atoms with van der Waals surface area (Å²) in [5, 5.41) is 85.9. The lowest BCUT2D eigenvalue weighted by molar-refractivity contribution is -0.359. The van der Waals surface area contributed by atoms with Crippen LogP contribution in [0.15, 0.2) is 85.1 Å². The van der Waals surface area contributed by atoms with Gasteiger partial charge in [-0.25, -0.2) is 0 Å². The SMILES string of the molecule is CC/C=C\C/C=C\C/C=C\C/C=C\C/C=C\C/C=C\CCCCCCCCC(=O)NC(COC1OC(CO)C(OC2OC(CO)C(O)C(O)C2O)C(O)C1O)C(O)/C=C/CCCC. The highest BCUT2D eigenvalue weighted by atomic mass is 16.7. The summed E-state index contributed by atoms with van der Waals surface area (Å²) in [7, 11) is 0. The average molecular weight is 892 g/mol. The van der Waals surface area contributed by atoms with E-state index in [1.807, 2.05) is 6.08 Å². The number of rotatable bonds is 33. The maximum Gasteiger partial charge on any atom is 0.220 e. The Kier molecular flexibility index (Phi) is 31.7. The first-order valence-corrected chi connectivity index (χ1v) is 23.3. The molecular formula is C49H81NO13. The molecule has 14 heteroatoms. The lowest BCUT2D eigenvalue weighted by atomic mass is 9.97. The van der Waals surface area contributed by atoms with Crippen molar-refractivity contribution in [2.45, 2.75) is 197 Å². The zero-order chi connectivity index (χ0) is 46.1. The Hall–Kier alpha value is -2.83. The third-order valence-corrected chi connectivity index (χ3v) is 10.8. The minimum absolute atomic E-state index is 0.256. The Morgan fingerprint density at radius 2 is 1.10 bits per heavy atom. The van der Waals surface area contributed by atoms with Crippen molar-refractivity contribution in [1.29, 1.82) is 0 Å².